The summed E-state index contributed by atoms with van der Waals surface area (Å²) in [5, 5.41) is 12.0. The summed E-state index contributed by atoms with van der Waals surface area (Å²) in [7, 11) is 2.31. The van der Waals surface area contributed by atoms with Crippen LogP contribution in [0.2, 0.25) is 0 Å². The minimum absolute atomic E-state index is 0.0136. The van der Waals surface area contributed by atoms with Crippen LogP contribution < -0.4 is 5.32 Å². The van der Waals surface area contributed by atoms with Gasteiger partial charge in [-0.05, 0) is 25.0 Å². The first-order valence-corrected chi connectivity index (χ1v) is 6.30. The number of anilines is 1. The molecule has 0 bridgehead atoms. The minimum atomic E-state index is -1.15. The van der Waals surface area contributed by atoms with E-state index in [9.17, 15) is 19.5 Å². The summed E-state index contributed by atoms with van der Waals surface area (Å²) in [4.78, 5) is 34.5. The zero-order valence-electron chi connectivity index (χ0n) is 12.7. The average Bonchev–Trinajstić information content (AvgIpc) is 2.48. The van der Waals surface area contributed by atoms with E-state index in [0.29, 0.717) is 11.1 Å². The van der Waals surface area contributed by atoms with Gasteiger partial charge >= 0.3 is 17.9 Å². The van der Waals surface area contributed by atoms with Crippen LogP contribution in [0.15, 0.2) is 23.9 Å². The van der Waals surface area contributed by atoms with Crippen molar-refractivity contribution in [3.8, 4) is 0 Å². The molecule has 1 aromatic carbocycles. The summed E-state index contributed by atoms with van der Waals surface area (Å²) >= 11 is 0. The molecular weight excluding hydrogens is 290 g/mol. The summed E-state index contributed by atoms with van der Waals surface area (Å²) in [5.41, 5.74) is 1.13. The van der Waals surface area contributed by atoms with Gasteiger partial charge in [-0.15, -0.1) is 0 Å². The van der Waals surface area contributed by atoms with Crippen molar-refractivity contribution in [1.29, 1.82) is 0 Å². The minimum Gasteiger partial charge on any atom is -0.478 e. The largest absolute Gasteiger partial charge is 0.478 e. The number of carboxylic acid groups (broad SMARTS) is 1. The fourth-order valence-corrected chi connectivity index (χ4v) is 1.82. The Morgan fingerprint density at radius 3 is 2.18 bits per heavy atom. The SMILES string of the molecule is COC(=O)/C=C(/Nc1c(C)ccc(C)c1C(=O)O)C(=O)OC. The number of carbonyl (C=O) groups is 3. The van der Waals surface area contributed by atoms with Gasteiger partial charge in [0.1, 0.15) is 5.70 Å². The third-order valence-electron chi connectivity index (χ3n) is 2.96. The standard InChI is InChI=1S/C15H17NO6/c1-8-5-6-9(2)13(12(8)14(18)19)16-10(15(20)22-4)7-11(17)21-3/h5-7,16H,1-4H3,(H,18,19)/b10-7+. The van der Waals surface area contributed by atoms with Crippen LogP contribution in [0.5, 0.6) is 0 Å². The van der Waals surface area contributed by atoms with Crippen molar-refractivity contribution < 1.29 is 29.0 Å². The molecule has 0 unspecified atom stereocenters. The van der Waals surface area contributed by atoms with Gasteiger partial charge in [-0.1, -0.05) is 12.1 Å². The van der Waals surface area contributed by atoms with Gasteiger partial charge in [0.2, 0.25) is 0 Å². The van der Waals surface area contributed by atoms with Crippen LogP contribution in [0.25, 0.3) is 0 Å². The van der Waals surface area contributed by atoms with Crippen LogP contribution in [0, 0.1) is 13.8 Å². The van der Waals surface area contributed by atoms with E-state index in [1.807, 2.05) is 0 Å². The molecule has 0 amide bonds. The maximum absolute atomic E-state index is 11.7. The van der Waals surface area contributed by atoms with Crippen LogP contribution in [0.1, 0.15) is 21.5 Å². The number of ether oxygens (including phenoxy) is 2. The summed E-state index contributed by atoms with van der Waals surface area (Å²) in [6, 6.07) is 3.36. The predicted octanol–water partition coefficient (Wildman–Crippen LogP) is 1.64. The normalized spacial score (nSPS) is 10.8. The number of nitrogens with one attached hydrogen (secondary N) is 1. The van der Waals surface area contributed by atoms with Crippen LogP contribution in [-0.4, -0.2) is 37.2 Å². The number of aromatic carboxylic acids is 1. The predicted molar refractivity (Wildman–Crippen MR) is 78.6 cm³/mol. The van der Waals surface area contributed by atoms with Crippen LogP contribution in [-0.2, 0) is 19.1 Å². The molecule has 0 spiro atoms. The third-order valence-corrected chi connectivity index (χ3v) is 2.96. The molecule has 0 saturated heterocycles. The molecule has 0 saturated carbocycles. The Morgan fingerprint density at radius 2 is 1.68 bits per heavy atom. The molecule has 118 valence electrons. The van der Waals surface area contributed by atoms with Gasteiger partial charge in [-0.25, -0.2) is 14.4 Å². The van der Waals surface area contributed by atoms with Crippen molar-refractivity contribution in [3.05, 3.63) is 40.6 Å². The van der Waals surface area contributed by atoms with Crippen molar-refractivity contribution in [2.45, 2.75) is 13.8 Å². The fraction of sp³-hybridized carbons (Fsp3) is 0.267. The Bertz CT molecular complexity index is 648. The Labute approximate surface area is 127 Å². The second-order valence-corrected chi connectivity index (χ2v) is 4.45. The van der Waals surface area contributed by atoms with Crippen molar-refractivity contribution in [3.63, 3.8) is 0 Å². The summed E-state index contributed by atoms with van der Waals surface area (Å²) in [5.74, 6) is -2.73. The van der Waals surface area contributed by atoms with E-state index in [-0.39, 0.29) is 16.9 Å². The zero-order chi connectivity index (χ0) is 16.9. The quantitative estimate of drug-likeness (QED) is 0.629. The number of rotatable bonds is 5. The molecule has 2 N–H and O–H groups in total. The van der Waals surface area contributed by atoms with Crippen LogP contribution >= 0.6 is 0 Å². The number of carbonyl (C=O) groups excluding carboxylic acids is 2. The highest BCUT2D eigenvalue weighted by Gasteiger charge is 2.20. The second kappa shape index (κ2) is 7.26. The van der Waals surface area contributed by atoms with Gasteiger partial charge < -0.3 is 19.9 Å². The van der Waals surface area contributed by atoms with Crippen molar-refractivity contribution in [2.75, 3.05) is 19.5 Å². The first-order chi connectivity index (χ1) is 10.3. The molecule has 0 atom stereocenters. The molecule has 0 fully saturated rings. The van der Waals surface area contributed by atoms with Crippen molar-refractivity contribution in [1.82, 2.24) is 0 Å². The van der Waals surface area contributed by atoms with E-state index >= 15 is 0 Å². The summed E-state index contributed by atoms with van der Waals surface area (Å²) < 4.78 is 9.04. The second-order valence-electron chi connectivity index (χ2n) is 4.45. The van der Waals surface area contributed by atoms with Crippen LogP contribution in [0.4, 0.5) is 5.69 Å². The van der Waals surface area contributed by atoms with Gasteiger partial charge in [0.05, 0.1) is 31.5 Å². The molecule has 0 aromatic heterocycles. The lowest BCUT2D eigenvalue weighted by Crippen LogP contribution is -2.18. The molecule has 0 aliphatic heterocycles. The highest BCUT2D eigenvalue weighted by molar-refractivity contribution is 6.02. The molecular formula is C15H17NO6. The monoisotopic (exact) mass is 307 g/mol. The van der Waals surface area contributed by atoms with Crippen molar-refractivity contribution >= 4 is 23.6 Å². The van der Waals surface area contributed by atoms with Gasteiger partial charge in [0, 0.05) is 0 Å². The lowest BCUT2D eigenvalue weighted by atomic mass is 10.0. The zero-order valence-corrected chi connectivity index (χ0v) is 12.7. The lowest BCUT2D eigenvalue weighted by molar-refractivity contribution is -0.138. The topological polar surface area (TPSA) is 102 Å². The summed E-state index contributed by atoms with van der Waals surface area (Å²) in [6.45, 7) is 3.32. The van der Waals surface area contributed by atoms with E-state index in [4.69, 9.17) is 0 Å². The smallest absolute Gasteiger partial charge is 0.354 e. The molecule has 1 aromatic rings. The number of hydrogen-bond donors (Lipinski definition) is 2. The Balaban J connectivity index is 3.39. The molecule has 1 rings (SSSR count). The maximum atomic E-state index is 11.7. The summed E-state index contributed by atoms with van der Waals surface area (Å²) in [6.07, 6.45) is 0.902. The number of carboxylic acids is 1. The van der Waals surface area contributed by atoms with E-state index in [2.05, 4.69) is 14.8 Å². The van der Waals surface area contributed by atoms with Gasteiger partial charge in [0.15, 0.2) is 0 Å². The Hall–Kier alpha value is -2.83. The first-order valence-electron chi connectivity index (χ1n) is 6.30. The van der Waals surface area contributed by atoms with E-state index in [1.165, 1.54) is 0 Å². The average molecular weight is 307 g/mol. The van der Waals surface area contributed by atoms with Crippen LogP contribution in [0.3, 0.4) is 0 Å². The molecule has 0 radical (unpaired) electrons. The van der Waals surface area contributed by atoms with Gasteiger partial charge in [-0.2, -0.15) is 0 Å². The third kappa shape index (κ3) is 3.85. The van der Waals surface area contributed by atoms with Gasteiger partial charge in [0.25, 0.3) is 0 Å². The fourth-order valence-electron chi connectivity index (χ4n) is 1.82. The molecule has 7 nitrogen and oxygen atoms in total. The molecule has 0 aliphatic rings. The molecule has 22 heavy (non-hydrogen) atoms. The number of methoxy groups -OCH3 is 2. The number of esters is 2. The Morgan fingerprint density at radius 1 is 1.09 bits per heavy atom. The molecule has 0 aliphatic carbocycles. The number of benzene rings is 1. The highest BCUT2D eigenvalue weighted by atomic mass is 16.5. The number of hydrogen-bond acceptors (Lipinski definition) is 6. The van der Waals surface area contributed by atoms with E-state index in [1.54, 1.807) is 26.0 Å². The highest BCUT2D eigenvalue weighted by Crippen LogP contribution is 2.26. The van der Waals surface area contributed by atoms with E-state index < -0.39 is 17.9 Å². The molecule has 7 heteroatoms. The number of aryl methyl sites for hydroxylation is 2. The van der Waals surface area contributed by atoms with Crippen molar-refractivity contribution in [2.24, 2.45) is 0 Å². The Kier molecular flexibility index (Phi) is 5.68. The lowest BCUT2D eigenvalue weighted by Gasteiger charge is -2.15. The van der Waals surface area contributed by atoms with E-state index in [0.717, 1.165) is 20.3 Å². The van der Waals surface area contributed by atoms with Gasteiger partial charge in [-0.3, -0.25) is 0 Å². The molecule has 0 heterocycles. The maximum Gasteiger partial charge on any atom is 0.354 e. The first kappa shape index (κ1) is 17.2.